The lowest BCUT2D eigenvalue weighted by Crippen LogP contribution is -2.36. The Balaban J connectivity index is 1.72. The molecule has 0 aliphatic rings. The minimum Gasteiger partial charge on any atom is -0.484 e. The maximum atomic E-state index is 12.2. The Morgan fingerprint density at radius 2 is 1.52 bits per heavy atom. The van der Waals surface area contributed by atoms with Gasteiger partial charge in [0.25, 0.3) is 11.8 Å². The highest BCUT2D eigenvalue weighted by Gasteiger charge is 2.14. The molecule has 0 saturated heterocycles. The van der Waals surface area contributed by atoms with Gasteiger partial charge < -0.3 is 15.4 Å². The van der Waals surface area contributed by atoms with Crippen LogP contribution < -0.4 is 15.4 Å². The van der Waals surface area contributed by atoms with Crippen molar-refractivity contribution in [3.63, 3.8) is 0 Å². The van der Waals surface area contributed by atoms with Crippen molar-refractivity contribution < 1.29 is 14.3 Å². The molecule has 0 bridgehead atoms. The second-order valence-corrected chi connectivity index (χ2v) is 8.47. The molecule has 0 heterocycles. The number of carbonyl (C=O) groups is 2. The van der Waals surface area contributed by atoms with Crippen molar-refractivity contribution in [2.75, 3.05) is 19.7 Å². The highest BCUT2D eigenvalue weighted by atomic mass is 35.5. The fourth-order valence-corrected chi connectivity index (χ4v) is 2.90. The summed E-state index contributed by atoms with van der Waals surface area (Å²) in [5.74, 6) is 0.189. The molecular weight excluding hydrogens is 388 g/mol. The molecule has 0 fully saturated rings. The van der Waals surface area contributed by atoms with Crippen LogP contribution >= 0.6 is 11.6 Å². The van der Waals surface area contributed by atoms with Gasteiger partial charge in [0.15, 0.2) is 6.61 Å². The summed E-state index contributed by atoms with van der Waals surface area (Å²) < 4.78 is 5.51. The molecule has 29 heavy (non-hydrogen) atoms. The number of nitrogens with one attached hydrogen (secondary N) is 2. The Morgan fingerprint density at radius 3 is 2.07 bits per heavy atom. The summed E-state index contributed by atoms with van der Waals surface area (Å²) >= 11 is 6.12. The molecule has 0 saturated carbocycles. The molecule has 2 aromatic carbocycles. The molecule has 0 atom stereocenters. The third-order valence-corrected chi connectivity index (χ3v) is 5.12. The number of amides is 2. The van der Waals surface area contributed by atoms with Gasteiger partial charge in [0.2, 0.25) is 0 Å². The number of hydrogen-bond acceptors (Lipinski definition) is 3. The van der Waals surface area contributed by atoms with Crippen molar-refractivity contribution in [2.24, 2.45) is 0 Å². The molecule has 2 amide bonds. The molecule has 0 unspecified atom stereocenters. The van der Waals surface area contributed by atoms with E-state index in [2.05, 4.69) is 31.4 Å². The molecule has 0 radical (unpaired) electrons. The van der Waals surface area contributed by atoms with Gasteiger partial charge in [-0.15, -0.1) is 0 Å². The molecule has 156 valence electrons. The van der Waals surface area contributed by atoms with Gasteiger partial charge in [-0.1, -0.05) is 44.5 Å². The number of ether oxygens (including phenoxy) is 1. The Labute approximate surface area is 177 Å². The molecule has 0 aliphatic heterocycles. The summed E-state index contributed by atoms with van der Waals surface area (Å²) in [5.41, 5.74) is 3.62. The van der Waals surface area contributed by atoms with Gasteiger partial charge in [0.05, 0.1) is 0 Å². The van der Waals surface area contributed by atoms with E-state index >= 15 is 0 Å². The minimum absolute atomic E-state index is 0.0464. The maximum Gasteiger partial charge on any atom is 0.258 e. The maximum absolute atomic E-state index is 12.2. The zero-order valence-corrected chi connectivity index (χ0v) is 18.4. The van der Waals surface area contributed by atoms with Crippen molar-refractivity contribution in [1.29, 1.82) is 0 Å². The third-order valence-electron chi connectivity index (χ3n) is 4.53. The first-order valence-corrected chi connectivity index (χ1v) is 10.0. The molecule has 0 aliphatic carbocycles. The fourth-order valence-electron chi connectivity index (χ4n) is 2.79. The second kappa shape index (κ2) is 9.79. The smallest absolute Gasteiger partial charge is 0.258 e. The Kier molecular flexibility index (Phi) is 7.68. The van der Waals surface area contributed by atoms with E-state index in [0.29, 0.717) is 29.4 Å². The molecule has 6 heteroatoms. The van der Waals surface area contributed by atoms with Gasteiger partial charge in [-0.25, -0.2) is 0 Å². The number of halogens is 1. The van der Waals surface area contributed by atoms with Gasteiger partial charge in [-0.2, -0.15) is 0 Å². The number of benzene rings is 2. The van der Waals surface area contributed by atoms with Crippen LogP contribution in [0.3, 0.4) is 0 Å². The van der Waals surface area contributed by atoms with Crippen LogP contribution in [0.15, 0.2) is 36.4 Å². The molecule has 0 spiro atoms. The predicted octanol–water partition coefficient (Wildman–Crippen LogP) is 4.18. The summed E-state index contributed by atoms with van der Waals surface area (Å²) in [6.45, 7) is 10.7. The number of rotatable bonds is 7. The molecule has 5 nitrogen and oxygen atoms in total. The lowest BCUT2D eigenvalue weighted by Gasteiger charge is -2.19. The fraction of sp³-hybridized carbons (Fsp3) is 0.391. The Hall–Kier alpha value is -2.53. The summed E-state index contributed by atoms with van der Waals surface area (Å²) in [6.07, 6.45) is 0. The monoisotopic (exact) mass is 416 g/mol. The van der Waals surface area contributed by atoms with E-state index in [1.165, 1.54) is 5.56 Å². The first kappa shape index (κ1) is 22.8. The SMILES string of the molecule is Cc1cc(OCC(=O)NCCNC(=O)c2ccc(C(C)(C)C)cc2)cc(C)c1Cl. The average Bonchev–Trinajstić information content (AvgIpc) is 2.67. The molecular formula is C23H29ClN2O3. The average molecular weight is 417 g/mol. The van der Waals surface area contributed by atoms with Crippen LogP contribution in [0.1, 0.15) is 47.8 Å². The predicted molar refractivity (Wildman–Crippen MR) is 117 cm³/mol. The van der Waals surface area contributed by atoms with Crippen LogP contribution in [0.2, 0.25) is 5.02 Å². The molecule has 0 aromatic heterocycles. The summed E-state index contributed by atoms with van der Waals surface area (Å²) in [4.78, 5) is 24.1. The van der Waals surface area contributed by atoms with Gasteiger partial charge in [-0.05, 0) is 60.2 Å². The van der Waals surface area contributed by atoms with Crippen LogP contribution in [0, 0.1) is 13.8 Å². The van der Waals surface area contributed by atoms with Crippen LogP contribution in [0.5, 0.6) is 5.75 Å². The van der Waals surface area contributed by atoms with E-state index in [1.807, 2.05) is 38.1 Å². The van der Waals surface area contributed by atoms with Crippen molar-refractivity contribution in [1.82, 2.24) is 10.6 Å². The summed E-state index contributed by atoms with van der Waals surface area (Å²) in [6, 6.07) is 11.2. The van der Waals surface area contributed by atoms with E-state index in [9.17, 15) is 9.59 Å². The van der Waals surface area contributed by atoms with Gasteiger partial charge in [0, 0.05) is 23.7 Å². The van der Waals surface area contributed by atoms with E-state index in [0.717, 1.165) is 11.1 Å². The number of hydrogen-bond donors (Lipinski definition) is 2. The lowest BCUT2D eigenvalue weighted by molar-refractivity contribution is -0.123. The van der Waals surface area contributed by atoms with Gasteiger partial charge in [0.1, 0.15) is 5.75 Å². The number of carbonyl (C=O) groups excluding carboxylic acids is 2. The topological polar surface area (TPSA) is 67.4 Å². The van der Waals surface area contributed by atoms with Crippen LogP contribution in [-0.2, 0) is 10.2 Å². The zero-order valence-electron chi connectivity index (χ0n) is 17.7. The van der Waals surface area contributed by atoms with Crippen LogP contribution in [0.4, 0.5) is 0 Å². The van der Waals surface area contributed by atoms with Crippen LogP contribution in [-0.4, -0.2) is 31.5 Å². The largest absolute Gasteiger partial charge is 0.484 e. The van der Waals surface area contributed by atoms with Gasteiger partial charge >= 0.3 is 0 Å². The summed E-state index contributed by atoms with van der Waals surface area (Å²) in [7, 11) is 0. The summed E-state index contributed by atoms with van der Waals surface area (Å²) in [5, 5.41) is 6.22. The van der Waals surface area contributed by atoms with E-state index < -0.39 is 0 Å². The lowest BCUT2D eigenvalue weighted by atomic mass is 9.87. The first-order chi connectivity index (χ1) is 13.6. The van der Waals surface area contributed by atoms with E-state index in [4.69, 9.17) is 16.3 Å². The number of aryl methyl sites for hydroxylation is 2. The van der Waals surface area contributed by atoms with Crippen LogP contribution in [0.25, 0.3) is 0 Å². The highest BCUT2D eigenvalue weighted by molar-refractivity contribution is 6.32. The Morgan fingerprint density at radius 1 is 0.966 bits per heavy atom. The first-order valence-electron chi connectivity index (χ1n) is 9.63. The highest BCUT2D eigenvalue weighted by Crippen LogP contribution is 2.25. The minimum atomic E-state index is -0.251. The van der Waals surface area contributed by atoms with E-state index in [-0.39, 0.29) is 23.8 Å². The standard InChI is InChI=1S/C23H29ClN2O3/c1-15-12-19(13-16(2)21(15)24)29-14-20(27)25-10-11-26-22(28)17-6-8-18(9-7-17)23(3,4)5/h6-9,12-13H,10-11,14H2,1-5H3,(H,25,27)(H,26,28). The molecule has 2 aromatic rings. The zero-order chi connectivity index (χ0) is 21.6. The van der Waals surface area contributed by atoms with Crippen molar-refractivity contribution in [2.45, 2.75) is 40.0 Å². The molecule has 2 rings (SSSR count). The van der Waals surface area contributed by atoms with Crippen molar-refractivity contribution in [3.8, 4) is 5.75 Å². The third kappa shape index (κ3) is 6.79. The van der Waals surface area contributed by atoms with Crippen molar-refractivity contribution in [3.05, 3.63) is 63.7 Å². The quantitative estimate of drug-likeness (QED) is 0.665. The van der Waals surface area contributed by atoms with E-state index in [1.54, 1.807) is 12.1 Å². The van der Waals surface area contributed by atoms with Gasteiger partial charge in [-0.3, -0.25) is 9.59 Å². The Bertz CT molecular complexity index is 848. The normalized spacial score (nSPS) is 11.1. The van der Waals surface area contributed by atoms with Crippen molar-refractivity contribution >= 4 is 23.4 Å². The second-order valence-electron chi connectivity index (χ2n) is 8.09. The molecule has 2 N–H and O–H groups in total.